The summed E-state index contributed by atoms with van der Waals surface area (Å²) in [5, 5.41) is 1.52. The van der Waals surface area contributed by atoms with Gasteiger partial charge in [0, 0.05) is 28.0 Å². The summed E-state index contributed by atoms with van der Waals surface area (Å²) in [6.07, 6.45) is -1.77. The highest BCUT2D eigenvalue weighted by Gasteiger charge is 2.13. The Bertz CT molecular complexity index is 1730. The summed E-state index contributed by atoms with van der Waals surface area (Å²) >= 11 is 0. The van der Waals surface area contributed by atoms with Crippen molar-refractivity contribution >= 4 is 21.9 Å². The van der Waals surface area contributed by atoms with Crippen LogP contribution in [0.2, 0.25) is 0 Å². The Balaban J connectivity index is 1.50. The minimum absolute atomic E-state index is 0.516. The van der Waals surface area contributed by atoms with Crippen molar-refractivity contribution in [2.75, 3.05) is 0 Å². The van der Waals surface area contributed by atoms with Crippen LogP contribution in [-0.4, -0.2) is 4.98 Å². The number of hydrogen-bond donors (Lipinski definition) is 0. The molecule has 2 aromatic heterocycles. The first kappa shape index (κ1) is 15.6. The van der Waals surface area contributed by atoms with E-state index in [0.717, 1.165) is 16.3 Å². The zero-order valence-corrected chi connectivity index (χ0v) is 17.8. The molecule has 4 aromatic carbocycles. The first-order chi connectivity index (χ1) is 17.9. The molecule has 0 atom stereocenters. The molecule has 0 aliphatic rings. The van der Waals surface area contributed by atoms with Crippen molar-refractivity contribution in [2.24, 2.45) is 0 Å². The minimum atomic E-state index is -1.72. The monoisotopic (exact) mass is 429 g/mol. The van der Waals surface area contributed by atoms with E-state index in [1.807, 2.05) is 72.8 Å². The van der Waals surface area contributed by atoms with E-state index in [4.69, 9.17) is 9.90 Å². The van der Waals surface area contributed by atoms with Gasteiger partial charge in [0.2, 0.25) is 0 Å². The van der Waals surface area contributed by atoms with Crippen LogP contribution < -0.4 is 0 Å². The molecule has 2 nitrogen and oxygen atoms in total. The predicted octanol–water partition coefficient (Wildman–Crippen LogP) is 7.83. The van der Waals surface area contributed by atoms with Crippen molar-refractivity contribution in [2.45, 2.75) is 12.7 Å². The fourth-order valence-corrected chi connectivity index (χ4v) is 4.12. The molecule has 0 aliphatic heterocycles. The van der Waals surface area contributed by atoms with Gasteiger partial charge in [0.05, 0.1) is 5.69 Å². The van der Waals surface area contributed by atoms with Crippen molar-refractivity contribution in [3.8, 4) is 11.3 Å². The van der Waals surface area contributed by atoms with Crippen LogP contribution in [0.15, 0.2) is 120 Å². The van der Waals surface area contributed by atoms with Crippen LogP contribution in [-0.2, 0) is 12.7 Å². The second-order valence-corrected chi connectivity index (χ2v) is 7.90. The van der Waals surface area contributed by atoms with Gasteiger partial charge in [-0.05, 0) is 71.4 Å². The maximum atomic E-state index is 8.97. The van der Waals surface area contributed by atoms with E-state index in [2.05, 4.69) is 4.98 Å². The highest BCUT2D eigenvalue weighted by atomic mass is 16.3. The average Bonchev–Trinajstić information content (AvgIpc) is 3.32. The number of fused-ring (bicyclic) bond motifs is 3. The molecule has 0 unspecified atom stereocenters. The zero-order valence-electron chi connectivity index (χ0n) is 21.8. The van der Waals surface area contributed by atoms with E-state index in [-0.39, 0.29) is 0 Å². The third-order valence-electron chi connectivity index (χ3n) is 5.67. The third kappa shape index (κ3) is 3.92. The summed E-state index contributed by atoms with van der Waals surface area (Å²) in [6, 6.07) is 32.9. The number of pyridine rings is 1. The topological polar surface area (TPSA) is 26.0 Å². The predicted molar refractivity (Wildman–Crippen MR) is 135 cm³/mol. The van der Waals surface area contributed by atoms with Crippen LogP contribution in [0.5, 0.6) is 0 Å². The average molecular weight is 430 g/mol. The first-order valence-electron chi connectivity index (χ1n) is 12.9. The Kier molecular flexibility index (Phi) is 3.97. The SMILES string of the molecule is [2H]C([2H])(c1ccccc1)c1ccnc(-c2ccc3oc4cccc(C([2H])([2H])c5ccccc5)c4c3c2)c1. The van der Waals surface area contributed by atoms with Crippen LogP contribution in [0.3, 0.4) is 0 Å². The number of furan rings is 1. The molecular weight excluding hydrogens is 402 g/mol. The maximum absolute atomic E-state index is 8.97. The molecule has 0 radical (unpaired) electrons. The van der Waals surface area contributed by atoms with E-state index in [0.29, 0.717) is 39.1 Å². The second kappa shape index (κ2) is 8.40. The van der Waals surface area contributed by atoms with Crippen LogP contribution >= 0.6 is 0 Å². The number of nitrogens with zero attached hydrogens (tertiary/aromatic N) is 1. The van der Waals surface area contributed by atoms with Crippen molar-refractivity contribution in [3.05, 3.63) is 138 Å². The molecule has 0 N–H and O–H groups in total. The van der Waals surface area contributed by atoms with Gasteiger partial charge in [-0.3, -0.25) is 4.98 Å². The van der Waals surface area contributed by atoms with E-state index in [1.54, 1.807) is 42.6 Å². The highest BCUT2D eigenvalue weighted by Crippen LogP contribution is 2.35. The minimum Gasteiger partial charge on any atom is -0.456 e. The summed E-state index contributed by atoms with van der Waals surface area (Å²) in [4.78, 5) is 4.54. The molecule has 6 aromatic rings. The van der Waals surface area contributed by atoms with Gasteiger partial charge < -0.3 is 4.42 Å². The van der Waals surface area contributed by atoms with Crippen molar-refractivity contribution in [1.29, 1.82) is 0 Å². The molecule has 0 aliphatic carbocycles. The van der Waals surface area contributed by atoms with Gasteiger partial charge in [-0.25, -0.2) is 0 Å². The molecular formula is C31H23NO. The van der Waals surface area contributed by atoms with Crippen LogP contribution in [0.1, 0.15) is 27.7 Å². The lowest BCUT2D eigenvalue weighted by atomic mass is 9.98. The molecule has 2 heterocycles. The van der Waals surface area contributed by atoms with E-state index in [1.165, 1.54) is 0 Å². The van der Waals surface area contributed by atoms with Gasteiger partial charge >= 0.3 is 0 Å². The number of hydrogen-bond acceptors (Lipinski definition) is 2. The van der Waals surface area contributed by atoms with E-state index < -0.39 is 12.7 Å². The largest absolute Gasteiger partial charge is 0.456 e. The van der Waals surface area contributed by atoms with Crippen molar-refractivity contribution in [1.82, 2.24) is 4.98 Å². The second-order valence-electron chi connectivity index (χ2n) is 7.90. The van der Waals surface area contributed by atoms with Gasteiger partial charge in [0.15, 0.2) is 0 Å². The zero-order chi connectivity index (χ0) is 25.6. The summed E-state index contributed by atoms with van der Waals surface area (Å²) < 4.78 is 41.5. The first-order valence-corrected chi connectivity index (χ1v) is 10.9. The Morgan fingerprint density at radius 1 is 0.636 bits per heavy atom. The quantitative estimate of drug-likeness (QED) is 0.279. The summed E-state index contributed by atoms with van der Waals surface area (Å²) in [6.45, 7) is 0. The lowest BCUT2D eigenvalue weighted by Gasteiger charge is -2.06. The molecule has 0 fully saturated rings. The standard InChI is InChI=1S/C31H23NO/c1-3-8-22(9-4-1)18-24-16-17-32-28(20-24)25-14-15-29-27(21-25)31-26(12-7-13-30(31)33-29)19-23-10-5-2-6-11-23/h1-17,20-21H,18-19H2/i18D2,19D2. The Hall–Kier alpha value is -4.17. The molecule has 0 saturated heterocycles. The van der Waals surface area contributed by atoms with Crippen LogP contribution in [0.4, 0.5) is 0 Å². The van der Waals surface area contributed by atoms with Gasteiger partial charge in [-0.1, -0.05) is 72.8 Å². The molecule has 6 rings (SSSR count). The Labute approximate surface area is 198 Å². The summed E-state index contributed by atoms with van der Waals surface area (Å²) in [7, 11) is 0. The summed E-state index contributed by atoms with van der Waals surface area (Å²) in [5.74, 6) is 0. The molecule has 0 amide bonds. The van der Waals surface area contributed by atoms with Gasteiger partial charge in [0.1, 0.15) is 11.2 Å². The normalized spacial score (nSPS) is 13.9. The Morgan fingerprint density at radius 2 is 1.39 bits per heavy atom. The fraction of sp³-hybridized carbons (Fsp3) is 0.0645. The molecule has 0 bridgehead atoms. The fourth-order valence-electron chi connectivity index (χ4n) is 4.12. The van der Waals surface area contributed by atoms with Gasteiger partial charge in [-0.15, -0.1) is 0 Å². The molecule has 158 valence electrons. The van der Waals surface area contributed by atoms with E-state index in [9.17, 15) is 0 Å². The van der Waals surface area contributed by atoms with Crippen LogP contribution in [0.25, 0.3) is 33.2 Å². The third-order valence-corrected chi connectivity index (χ3v) is 5.67. The molecule has 0 spiro atoms. The van der Waals surface area contributed by atoms with Gasteiger partial charge in [-0.2, -0.15) is 0 Å². The number of rotatable bonds is 5. The molecule has 2 heteroatoms. The molecule has 0 saturated carbocycles. The van der Waals surface area contributed by atoms with Crippen molar-refractivity contribution in [3.63, 3.8) is 0 Å². The Morgan fingerprint density at radius 3 is 2.18 bits per heavy atom. The molecule has 33 heavy (non-hydrogen) atoms. The lowest BCUT2D eigenvalue weighted by molar-refractivity contribution is 0.669. The van der Waals surface area contributed by atoms with E-state index >= 15 is 0 Å². The van der Waals surface area contributed by atoms with Crippen LogP contribution in [0, 0.1) is 0 Å². The lowest BCUT2D eigenvalue weighted by Crippen LogP contribution is -1.91. The number of aromatic nitrogens is 1. The van der Waals surface area contributed by atoms with Gasteiger partial charge in [0.25, 0.3) is 0 Å². The van der Waals surface area contributed by atoms with Crippen molar-refractivity contribution < 1.29 is 9.90 Å². The smallest absolute Gasteiger partial charge is 0.135 e. The highest BCUT2D eigenvalue weighted by molar-refractivity contribution is 6.08. The maximum Gasteiger partial charge on any atom is 0.135 e. The summed E-state index contributed by atoms with van der Waals surface area (Å²) in [5.41, 5.74) is 4.92. The number of benzene rings is 4.